The summed E-state index contributed by atoms with van der Waals surface area (Å²) in [5.41, 5.74) is 3.16. The second kappa shape index (κ2) is 8.25. The average Bonchev–Trinajstić information content (AvgIpc) is 2.67. The fourth-order valence-corrected chi connectivity index (χ4v) is 3.26. The summed E-state index contributed by atoms with van der Waals surface area (Å²) in [6, 6.07) is 15.4. The number of ether oxygens (including phenoxy) is 2. The Morgan fingerprint density at radius 2 is 1.85 bits per heavy atom. The molecule has 0 fully saturated rings. The molecule has 0 radical (unpaired) electrons. The fraction of sp³-hybridized carbons (Fsp3) is 0.364. The second-order valence-electron chi connectivity index (χ2n) is 6.96. The normalized spacial score (nSPS) is 17.0. The molecule has 27 heavy (non-hydrogen) atoms. The minimum atomic E-state index is -0.786. The first kappa shape index (κ1) is 19.0. The molecule has 0 saturated heterocycles. The van der Waals surface area contributed by atoms with Gasteiger partial charge in [0.2, 0.25) is 0 Å². The van der Waals surface area contributed by atoms with Gasteiger partial charge in [-0.05, 0) is 57.4 Å². The van der Waals surface area contributed by atoms with Crippen molar-refractivity contribution in [2.75, 3.05) is 11.5 Å². The zero-order chi connectivity index (χ0) is 19.4. The average molecular weight is 367 g/mol. The predicted octanol–water partition coefficient (Wildman–Crippen LogP) is 3.67. The van der Waals surface area contributed by atoms with Crippen LogP contribution in [0.2, 0.25) is 0 Å². The van der Waals surface area contributed by atoms with E-state index in [2.05, 4.69) is 0 Å². The van der Waals surface area contributed by atoms with Gasteiger partial charge in [-0.2, -0.15) is 0 Å². The molecule has 5 heteroatoms. The zero-order valence-electron chi connectivity index (χ0n) is 16.0. The van der Waals surface area contributed by atoms with E-state index < -0.39 is 12.1 Å². The van der Waals surface area contributed by atoms with E-state index in [0.29, 0.717) is 5.75 Å². The Morgan fingerprint density at radius 1 is 1.15 bits per heavy atom. The van der Waals surface area contributed by atoms with Crippen LogP contribution in [0, 0.1) is 6.92 Å². The van der Waals surface area contributed by atoms with Gasteiger partial charge in [0.25, 0.3) is 5.91 Å². The minimum Gasteiger partial charge on any atom is -0.479 e. The lowest BCUT2D eigenvalue weighted by atomic mass is 9.96. The molecule has 2 unspecified atom stereocenters. The molecule has 2 aromatic rings. The molecule has 0 N–H and O–H groups in total. The van der Waals surface area contributed by atoms with Crippen molar-refractivity contribution in [1.82, 2.24) is 0 Å². The quantitative estimate of drug-likeness (QED) is 0.757. The van der Waals surface area contributed by atoms with Crippen molar-refractivity contribution in [3.05, 3.63) is 59.7 Å². The van der Waals surface area contributed by atoms with Gasteiger partial charge in [-0.25, -0.2) is 4.79 Å². The standard InChI is InChI=1S/C22H25NO4/c1-15-8-12-19(13-9-15)27-17(3)22(25)26-14-21(24)23-16(2)10-11-18-6-4-5-7-20(18)23/h4-9,12-13,16-17H,10-11,14H2,1-3H3. The van der Waals surface area contributed by atoms with E-state index in [1.807, 2.05) is 50.2 Å². The molecule has 5 nitrogen and oxygen atoms in total. The molecule has 0 bridgehead atoms. The Kier molecular flexibility index (Phi) is 5.79. The van der Waals surface area contributed by atoms with Crippen molar-refractivity contribution in [3.63, 3.8) is 0 Å². The van der Waals surface area contributed by atoms with Crippen molar-refractivity contribution in [1.29, 1.82) is 0 Å². The third kappa shape index (κ3) is 4.48. The molecule has 1 amide bonds. The highest BCUT2D eigenvalue weighted by atomic mass is 16.6. The van der Waals surface area contributed by atoms with Gasteiger partial charge in [-0.1, -0.05) is 35.9 Å². The van der Waals surface area contributed by atoms with Crippen LogP contribution in [0.5, 0.6) is 5.75 Å². The van der Waals surface area contributed by atoms with Crippen LogP contribution >= 0.6 is 0 Å². The highest BCUT2D eigenvalue weighted by Gasteiger charge is 2.29. The largest absolute Gasteiger partial charge is 0.479 e. The van der Waals surface area contributed by atoms with Crippen LogP contribution in [0.1, 0.15) is 31.4 Å². The summed E-state index contributed by atoms with van der Waals surface area (Å²) in [5, 5.41) is 0. The molecule has 0 aromatic heterocycles. The molecular weight excluding hydrogens is 342 g/mol. The molecule has 0 saturated carbocycles. The van der Waals surface area contributed by atoms with Crippen LogP contribution in [-0.2, 0) is 20.7 Å². The number of aryl methyl sites for hydroxylation is 2. The molecule has 0 spiro atoms. The Morgan fingerprint density at radius 3 is 2.59 bits per heavy atom. The van der Waals surface area contributed by atoms with Gasteiger partial charge in [0.15, 0.2) is 12.7 Å². The van der Waals surface area contributed by atoms with Gasteiger partial charge in [0.1, 0.15) is 5.75 Å². The summed E-state index contributed by atoms with van der Waals surface area (Å²) in [6.07, 6.45) is 1.05. The molecule has 1 aliphatic heterocycles. The minimum absolute atomic E-state index is 0.0762. The highest BCUT2D eigenvalue weighted by Crippen LogP contribution is 2.30. The Balaban J connectivity index is 1.58. The van der Waals surface area contributed by atoms with E-state index >= 15 is 0 Å². The van der Waals surface area contributed by atoms with E-state index in [9.17, 15) is 9.59 Å². The Labute approximate surface area is 159 Å². The smallest absolute Gasteiger partial charge is 0.347 e. The lowest BCUT2D eigenvalue weighted by molar-refractivity contribution is -0.154. The summed E-state index contributed by atoms with van der Waals surface area (Å²) >= 11 is 0. The number of carbonyl (C=O) groups excluding carboxylic acids is 2. The van der Waals surface area contributed by atoms with Crippen LogP contribution in [0.15, 0.2) is 48.5 Å². The van der Waals surface area contributed by atoms with Crippen LogP contribution in [-0.4, -0.2) is 30.6 Å². The first-order chi connectivity index (χ1) is 13.0. The van der Waals surface area contributed by atoms with Crippen molar-refractivity contribution in [2.24, 2.45) is 0 Å². The van der Waals surface area contributed by atoms with Crippen molar-refractivity contribution >= 4 is 17.6 Å². The van der Waals surface area contributed by atoms with E-state index in [1.54, 1.807) is 24.0 Å². The number of hydrogen-bond acceptors (Lipinski definition) is 4. The van der Waals surface area contributed by atoms with Gasteiger partial charge in [-0.3, -0.25) is 4.79 Å². The Bertz CT molecular complexity index is 815. The van der Waals surface area contributed by atoms with Gasteiger partial charge in [-0.15, -0.1) is 0 Å². The summed E-state index contributed by atoms with van der Waals surface area (Å²) in [6.45, 7) is 5.32. The molecule has 3 rings (SSSR count). The zero-order valence-corrected chi connectivity index (χ0v) is 16.0. The van der Waals surface area contributed by atoms with E-state index in [0.717, 1.165) is 29.7 Å². The number of rotatable bonds is 5. The van der Waals surface area contributed by atoms with Gasteiger partial charge < -0.3 is 14.4 Å². The summed E-state index contributed by atoms with van der Waals surface area (Å²) in [7, 11) is 0. The highest BCUT2D eigenvalue weighted by molar-refractivity contribution is 5.97. The predicted molar refractivity (Wildman–Crippen MR) is 104 cm³/mol. The first-order valence-corrected chi connectivity index (χ1v) is 9.25. The van der Waals surface area contributed by atoms with E-state index in [1.165, 1.54) is 0 Å². The number of anilines is 1. The van der Waals surface area contributed by atoms with Crippen LogP contribution in [0.4, 0.5) is 5.69 Å². The number of benzene rings is 2. The summed E-state index contributed by atoms with van der Waals surface area (Å²) in [5.74, 6) is -0.178. The molecule has 0 aliphatic carbocycles. The molecule has 142 valence electrons. The monoisotopic (exact) mass is 367 g/mol. The molecule has 2 atom stereocenters. The molecule has 1 heterocycles. The van der Waals surface area contributed by atoms with Crippen molar-refractivity contribution < 1.29 is 19.1 Å². The van der Waals surface area contributed by atoms with E-state index in [4.69, 9.17) is 9.47 Å². The maximum absolute atomic E-state index is 12.7. The number of carbonyl (C=O) groups is 2. The van der Waals surface area contributed by atoms with E-state index in [-0.39, 0.29) is 18.6 Å². The molecule has 2 aromatic carbocycles. The molecular formula is C22H25NO4. The number of esters is 1. The number of nitrogens with zero attached hydrogens (tertiary/aromatic N) is 1. The van der Waals surface area contributed by atoms with Gasteiger partial charge >= 0.3 is 5.97 Å². The van der Waals surface area contributed by atoms with Gasteiger partial charge in [0, 0.05) is 11.7 Å². The van der Waals surface area contributed by atoms with Crippen molar-refractivity contribution in [2.45, 2.75) is 45.8 Å². The SMILES string of the molecule is Cc1ccc(OC(C)C(=O)OCC(=O)N2c3ccccc3CCC2C)cc1. The van der Waals surface area contributed by atoms with Crippen molar-refractivity contribution in [3.8, 4) is 5.75 Å². The number of hydrogen-bond donors (Lipinski definition) is 0. The molecule has 1 aliphatic rings. The Hall–Kier alpha value is -2.82. The number of fused-ring (bicyclic) bond motifs is 1. The maximum atomic E-state index is 12.7. The lowest BCUT2D eigenvalue weighted by Gasteiger charge is -2.35. The first-order valence-electron chi connectivity index (χ1n) is 9.25. The van der Waals surface area contributed by atoms with Crippen LogP contribution in [0.3, 0.4) is 0 Å². The third-order valence-electron chi connectivity index (χ3n) is 4.80. The summed E-state index contributed by atoms with van der Waals surface area (Å²) < 4.78 is 10.8. The van der Waals surface area contributed by atoms with Gasteiger partial charge in [0.05, 0.1) is 0 Å². The number of para-hydroxylation sites is 1. The van der Waals surface area contributed by atoms with Crippen LogP contribution < -0.4 is 9.64 Å². The summed E-state index contributed by atoms with van der Waals surface area (Å²) in [4.78, 5) is 26.6. The van der Waals surface area contributed by atoms with Crippen LogP contribution in [0.25, 0.3) is 0 Å². The fourth-order valence-electron chi connectivity index (χ4n) is 3.26. The second-order valence-corrected chi connectivity index (χ2v) is 6.96. The maximum Gasteiger partial charge on any atom is 0.347 e. The third-order valence-corrected chi connectivity index (χ3v) is 4.80. The number of amides is 1. The lowest BCUT2D eigenvalue weighted by Crippen LogP contribution is -2.44. The topological polar surface area (TPSA) is 55.8 Å².